The van der Waals surface area contributed by atoms with Crippen LogP contribution in [0.15, 0.2) is 0 Å². The Balaban J connectivity index is 0. The molecule has 0 aliphatic rings. The molecule has 3 nitrogen and oxygen atoms in total. The summed E-state index contributed by atoms with van der Waals surface area (Å²) in [6.07, 6.45) is 0. The summed E-state index contributed by atoms with van der Waals surface area (Å²) in [6.45, 7) is 0. The zero-order valence-electron chi connectivity index (χ0n) is 2.56. The summed E-state index contributed by atoms with van der Waals surface area (Å²) >= 11 is -3.35. The number of hydrogen-bond acceptors (Lipinski definition) is 3. The molecule has 0 aromatic rings. The molecule has 0 atom stereocenters. The van der Waals surface area contributed by atoms with Gasteiger partial charge in [-0.1, -0.05) is 7.43 Å². The third-order valence-electron chi connectivity index (χ3n) is 0. The van der Waals surface area contributed by atoms with Crippen LogP contribution in [0.1, 0.15) is 0 Å². The minimum atomic E-state index is -3.35. The fourth-order valence-corrected chi connectivity index (χ4v) is 0. The molecule has 0 saturated carbocycles. The summed E-state index contributed by atoms with van der Waals surface area (Å²) in [4.78, 5) is 0. The van der Waals surface area contributed by atoms with Crippen LogP contribution in [0.4, 0.5) is 0 Å². The molecule has 0 fully saturated rings. The molecule has 0 unspecified atom stereocenters. The summed E-state index contributed by atoms with van der Waals surface area (Å²) in [7, 11) is 0. The third kappa shape index (κ3) is 1620. The molecule has 0 aromatic carbocycles. The van der Waals surface area contributed by atoms with E-state index in [1.807, 2.05) is 0 Å². The summed E-state index contributed by atoms with van der Waals surface area (Å²) in [6, 6.07) is 0. The van der Waals surface area contributed by atoms with E-state index >= 15 is 0 Å². The maximum atomic E-state index is 8.48. The molecular formula is CH3CoO3. The van der Waals surface area contributed by atoms with Crippen molar-refractivity contribution >= 4 is 0 Å². The van der Waals surface area contributed by atoms with E-state index in [0.717, 1.165) is 0 Å². The first-order valence-corrected chi connectivity index (χ1v) is 1.68. The molecule has 0 saturated heterocycles. The van der Waals surface area contributed by atoms with Crippen LogP contribution in [0.2, 0.25) is 0 Å². The normalized spacial score (nSPS) is 6.60. The van der Waals surface area contributed by atoms with Gasteiger partial charge in [-0.25, -0.2) is 0 Å². The second-order valence-electron chi connectivity index (χ2n) is 0.167. The first-order chi connectivity index (χ1) is 1.73. The summed E-state index contributed by atoms with van der Waals surface area (Å²) in [5.41, 5.74) is 0. The molecule has 0 bridgehead atoms. The Morgan fingerprint density at radius 2 is 1.00 bits per heavy atom. The predicted octanol–water partition coefficient (Wildman–Crippen LogP) is 0.0914. The van der Waals surface area contributed by atoms with Gasteiger partial charge in [0, 0.05) is 0 Å². The predicted molar refractivity (Wildman–Crippen MR) is 8.47 cm³/mol. The summed E-state index contributed by atoms with van der Waals surface area (Å²) in [5.74, 6) is 0. The quantitative estimate of drug-likeness (QED) is 0.457. The van der Waals surface area contributed by atoms with Crippen LogP contribution in [-0.2, 0) is 25.0 Å². The van der Waals surface area contributed by atoms with E-state index in [4.69, 9.17) is 11.6 Å². The molecular weight excluding hydrogens is 119 g/mol. The molecule has 0 rings (SSSR count). The Morgan fingerprint density at radius 1 is 1.00 bits per heavy atom. The molecule has 0 aromatic heterocycles. The van der Waals surface area contributed by atoms with Gasteiger partial charge >= 0.3 is 25.0 Å². The second kappa shape index (κ2) is 3.91. The molecule has 4 heteroatoms. The Kier molecular flexibility index (Phi) is 6.93. The van der Waals surface area contributed by atoms with Gasteiger partial charge in [-0.05, 0) is 0 Å². The van der Waals surface area contributed by atoms with Crippen molar-refractivity contribution in [1.29, 1.82) is 0 Å². The van der Waals surface area contributed by atoms with Crippen molar-refractivity contribution in [3.63, 3.8) is 0 Å². The van der Waals surface area contributed by atoms with E-state index in [-0.39, 0.29) is 7.43 Å². The Morgan fingerprint density at radius 3 is 1.00 bits per heavy atom. The van der Waals surface area contributed by atoms with E-state index < -0.39 is 13.4 Å². The van der Waals surface area contributed by atoms with Crippen molar-refractivity contribution in [2.24, 2.45) is 0 Å². The molecule has 0 aliphatic carbocycles. The molecule has 0 heterocycles. The van der Waals surface area contributed by atoms with Gasteiger partial charge in [-0.3, -0.25) is 0 Å². The van der Waals surface area contributed by atoms with Gasteiger partial charge in [0.2, 0.25) is 0 Å². The maximum absolute atomic E-state index is 8.48. The molecule has 0 N–H and O–H groups in total. The minimum absolute atomic E-state index is 0. The fourth-order valence-electron chi connectivity index (χ4n) is 0. The Bertz CT molecular complexity index is 76.3. The van der Waals surface area contributed by atoms with Crippen molar-refractivity contribution in [2.45, 2.75) is 0 Å². The van der Waals surface area contributed by atoms with Crippen molar-refractivity contribution in [3.05, 3.63) is 7.43 Å². The summed E-state index contributed by atoms with van der Waals surface area (Å²) in [5, 5.41) is 0. The van der Waals surface area contributed by atoms with Crippen LogP contribution in [0.25, 0.3) is 0 Å². The fraction of sp³-hybridized carbons (Fsp3) is 0. The molecule has 0 amide bonds. The van der Waals surface area contributed by atoms with E-state index in [2.05, 4.69) is 0 Å². The van der Waals surface area contributed by atoms with Crippen LogP contribution >= 0.6 is 0 Å². The van der Waals surface area contributed by atoms with E-state index in [1.165, 1.54) is 0 Å². The van der Waals surface area contributed by atoms with Gasteiger partial charge in [0.15, 0.2) is 0 Å². The topological polar surface area (TPSA) is 51.2 Å². The van der Waals surface area contributed by atoms with Crippen molar-refractivity contribution < 1.29 is 25.0 Å². The second-order valence-corrected chi connectivity index (χ2v) is 0.687. The van der Waals surface area contributed by atoms with E-state index in [0.29, 0.717) is 0 Å². The van der Waals surface area contributed by atoms with Crippen LogP contribution in [-0.4, -0.2) is 0 Å². The zero-order chi connectivity index (χ0) is 3.58. The Labute approximate surface area is 33.3 Å². The molecule has 34 valence electrons. The van der Waals surface area contributed by atoms with E-state index in [1.54, 1.807) is 0 Å². The van der Waals surface area contributed by atoms with Crippen molar-refractivity contribution in [1.82, 2.24) is 0 Å². The summed E-state index contributed by atoms with van der Waals surface area (Å²) < 4.78 is 25.4. The molecule has 1 radical (unpaired) electrons. The first-order valence-electron chi connectivity index (χ1n) is 0.408. The van der Waals surface area contributed by atoms with Gasteiger partial charge in [-0.15, -0.1) is 0 Å². The van der Waals surface area contributed by atoms with Gasteiger partial charge in [-0.2, -0.15) is 0 Å². The van der Waals surface area contributed by atoms with E-state index in [9.17, 15) is 0 Å². The zero-order valence-corrected chi connectivity index (χ0v) is 3.60. The van der Waals surface area contributed by atoms with Gasteiger partial charge in [0.05, 0.1) is 0 Å². The molecule has 0 spiro atoms. The average Bonchev–Trinajstić information content (AvgIpc) is 0.811. The average molecular weight is 122 g/mol. The van der Waals surface area contributed by atoms with Crippen LogP contribution in [0.3, 0.4) is 0 Å². The van der Waals surface area contributed by atoms with Gasteiger partial charge in [0.1, 0.15) is 0 Å². The Hall–Kier alpha value is -0.0935. The van der Waals surface area contributed by atoms with Crippen molar-refractivity contribution in [2.75, 3.05) is 0 Å². The van der Waals surface area contributed by atoms with Gasteiger partial charge in [0.25, 0.3) is 0 Å². The van der Waals surface area contributed by atoms with Crippen LogP contribution in [0.5, 0.6) is 0 Å². The number of rotatable bonds is 0. The molecule has 0 aliphatic heterocycles. The first kappa shape index (κ1) is 8.86. The number of hydrogen-bond donors (Lipinski definition) is 0. The standard InChI is InChI=1S/CH3.Co.3O/h1H3;;;;. The molecule has 5 heavy (non-hydrogen) atoms. The third-order valence-corrected chi connectivity index (χ3v) is 0. The monoisotopic (exact) mass is 122 g/mol. The van der Waals surface area contributed by atoms with Crippen LogP contribution in [0, 0.1) is 7.43 Å². The van der Waals surface area contributed by atoms with Crippen LogP contribution < -0.4 is 0 Å². The van der Waals surface area contributed by atoms with Crippen molar-refractivity contribution in [3.8, 4) is 0 Å². The SMILES string of the molecule is [CH3].[O]=[Co](=[O])=[O]. The van der Waals surface area contributed by atoms with Gasteiger partial charge < -0.3 is 0 Å².